The molecule has 2 aromatic rings. The number of cyclic esters (lactones) is 2. The van der Waals surface area contributed by atoms with Crippen molar-refractivity contribution in [3.63, 3.8) is 0 Å². The monoisotopic (exact) mass is 446 g/mol. The molecule has 0 amide bonds. The van der Waals surface area contributed by atoms with Gasteiger partial charge >= 0.3 is 23.9 Å². The average Bonchev–Trinajstić information content (AvgIpc) is 3.18. The van der Waals surface area contributed by atoms with Crippen molar-refractivity contribution >= 4 is 33.7 Å². The lowest BCUT2D eigenvalue weighted by molar-refractivity contribution is -0.166. The van der Waals surface area contributed by atoms with Crippen LogP contribution in [0, 0.1) is 0 Å². The summed E-state index contributed by atoms with van der Waals surface area (Å²) in [6.45, 7) is 2.23. The Bertz CT molecular complexity index is 1170. The van der Waals surface area contributed by atoms with Crippen LogP contribution in [0.25, 0.3) is 0 Å². The first-order chi connectivity index (χ1) is 14.6. The van der Waals surface area contributed by atoms with Crippen LogP contribution >= 0.6 is 0 Å². The molecule has 0 fully saturated rings. The van der Waals surface area contributed by atoms with Gasteiger partial charge in [0.25, 0.3) is 12.6 Å². The molecular weight excluding hydrogens is 432 g/mol. The summed E-state index contributed by atoms with van der Waals surface area (Å²) in [6, 6.07) is 7.85. The Morgan fingerprint density at radius 2 is 1.16 bits per heavy atom. The number of sulfone groups is 1. The maximum Gasteiger partial charge on any atom is 0.343 e. The lowest BCUT2D eigenvalue weighted by atomic mass is 10.1. The highest BCUT2D eigenvalue weighted by Crippen LogP contribution is 2.41. The second kappa shape index (κ2) is 7.20. The Hall–Kier alpha value is -3.73. The number of hydrogen-bond acceptors (Lipinski definition) is 10. The van der Waals surface area contributed by atoms with Crippen LogP contribution in [0.1, 0.15) is 58.3 Å². The van der Waals surface area contributed by atoms with E-state index in [4.69, 9.17) is 18.9 Å². The third-order valence-electron chi connectivity index (χ3n) is 4.59. The molecule has 0 radical (unpaired) electrons. The Labute approximate surface area is 175 Å². The zero-order valence-corrected chi connectivity index (χ0v) is 16.9. The van der Waals surface area contributed by atoms with Crippen molar-refractivity contribution in [2.24, 2.45) is 0 Å². The summed E-state index contributed by atoms with van der Waals surface area (Å²) >= 11 is 0. The summed E-state index contributed by atoms with van der Waals surface area (Å²) in [6.07, 6.45) is -2.76. The molecule has 11 heteroatoms. The lowest BCUT2D eigenvalue weighted by Gasteiger charge is -2.12. The summed E-state index contributed by atoms with van der Waals surface area (Å²) in [5.41, 5.74) is -0.466. The van der Waals surface area contributed by atoms with Gasteiger partial charge < -0.3 is 18.9 Å². The molecule has 31 heavy (non-hydrogen) atoms. The molecule has 4 rings (SSSR count). The van der Waals surface area contributed by atoms with Gasteiger partial charge in [-0.2, -0.15) is 0 Å². The van der Waals surface area contributed by atoms with Crippen molar-refractivity contribution in [3.05, 3.63) is 58.7 Å². The lowest BCUT2D eigenvalue weighted by Crippen LogP contribution is -2.12. The Kier molecular flexibility index (Phi) is 4.77. The van der Waals surface area contributed by atoms with Gasteiger partial charge in [-0.25, -0.2) is 18.0 Å². The van der Waals surface area contributed by atoms with Crippen molar-refractivity contribution in [2.45, 2.75) is 36.2 Å². The summed E-state index contributed by atoms with van der Waals surface area (Å²) in [5.74, 6) is -3.43. The SMILES string of the molecule is CC(=O)OC1OC(=O)c2c1cccc2S(=O)(=O)c1cccc2c1C(=O)OC2OC(C)=O. The predicted molar refractivity (Wildman–Crippen MR) is 98.2 cm³/mol. The normalized spacial score (nSPS) is 19.2. The molecule has 0 aliphatic carbocycles. The van der Waals surface area contributed by atoms with Gasteiger partial charge in [-0.15, -0.1) is 0 Å². The number of carbonyl (C=O) groups excluding carboxylic acids is 4. The van der Waals surface area contributed by atoms with Crippen molar-refractivity contribution in [2.75, 3.05) is 0 Å². The maximum atomic E-state index is 13.5. The van der Waals surface area contributed by atoms with Crippen LogP contribution in [0.4, 0.5) is 0 Å². The molecule has 0 N–H and O–H groups in total. The van der Waals surface area contributed by atoms with E-state index < -0.39 is 56.1 Å². The summed E-state index contributed by atoms with van der Waals surface area (Å²) in [5, 5.41) is 0. The van der Waals surface area contributed by atoms with E-state index in [9.17, 15) is 27.6 Å². The fourth-order valence-electron chi connectivity index (χ4n) is 3.41. The molecule has 2 unspecified atom stereocenters. The molecule has 0 aromatic heterocycles. The van der Waals surface area contributed by atoms with E-state index >= 15 is 0 Å². The summed E-state index contributed by atoms with van der Waals surface area (Å²) in [4.78, 5) is 46.5. The Morgan fingerprint density at radius 1 is 0.774 bits per heavy atom. The number of fused-ring (bicyclic) bond motifs is 2. The van der Waals surface area contributed by atoms with E-state index in [0.717, 1.165) is 13.8 Å². The highest BCUT2D eigenvalue weighted by atomic mass is 32.2. The minimum Gasteiger partial charge on any atom is -0.421 e. The maximum absolute atomic E-state index is 13.5. The molecule has 160 valence electrons. The van der Waals surface area contributed by atoms with Crippen LogP contribution < -0.4 is 0 Å². The van der Waals surface area contributed by atoms with Gasteiger partial charge in [0.05, 0.1) is 20.9 Å². The van der Waals surface area contributed by atoms with E-state index in [2.05, 4.69) is 0 Å². The molecule has 2 heterocycles. The van der Waals surface area contributed by atoms with E-state index in [0.29, 0.717) is 0 Å². The first-order valence-corrected chi connectivity index (χ1v) is 10.4. The smallest absolute Gasteiger partial charge is 0.343 e. The van der Waals surface area contributed by atoms with Crippen LogP contribution in [0.15, 0.2) is 46.2 Å². The van der Waals surface area contributed by atoms with Gasteiger partial charge in [0.2, 0.25) is 9.84 Å². The fraction of sp³-hybridized carbons (Fsp3) is 0.200. The molecule has 0 bridgehead atoms. The van der Waals surface area contributed by atoms with E-state index in [1.54, 1.807) is 0 Å². The van der Waals surface area contributed by atoms with Crippen molar-refractivity contribution in [1.29, 1.82) is 0 Å². The van der Waals surface area contributed by atoms with Crippen LogP contribution in [0.3, 0.4) is 0 Å². The minimum atomic E-state index is -4.44. The molecule has 2 aromatic carbocycles. The number of benzene rings is 2. The van der Waals surface area contributed by atoms with Gasteiger partial charge in [-0.1, -0.05) is 24.3 Å². The van der Waals surface area contributed by atoms with Gasteiger partial charge in [-0.3, -0.25) is 9.59 Å². The molecule has 0 saturated heterocycles. The standard InChI is InChI=1S/C20H14O10S/c1-9(21)27-19-11-5-3-7-13(15(11)17(23)29-19)31(25,26)14-8-4-6-12-16(14)18(24)30-20(12)28-10(2)22/h3-8,19-20H,1-2H3. The average molecular weight is 446 g/mol. The van der Waals surface area contributed by atoms with Crippen molar-refractivity contribution in [1.82, 2.24) is 0 Å². The zero-order chi connectivity index (χ0) is 22.5. The summed E-state index contributed by atoms with van der Waals surface area (Å²) < 4.78 is 46.8. The van der Waals surface area contributed by atoms with E-state index in [1.165, 1.54) is 36.4 Å². The van der Waals surface area contributed by atoms with Gasteiger partial charge in [0.1, 0.15) is 0 Å². The molecule has 10 nitrogen and oxygen atoms in total. The van der Waals surface area contributed by atoms with Crippen LogP contribution in [-0.4, -0.2) is 32.3 Å². The summed E-state index contributed by atoms with van der Waals surface area (Å²) in [7, 11) is -4.44. The third-order valence-corrected chi connectivity index (χ3v) is 6.42. The molecule has 2 atom stereocenters. The van der Waals surface area contributed by atoms with Crippen LogP contribution in [0.5, 0.6) is 0 Å². The van der Waals surface area contributed by atoms with Gasteiger partial charge in [0.15, 0.2) is 0 Å². The number of rotatable bonds is 4. The molecule has 0 spiro atoms. The largest absolute Gasteiger partial charge is 0.421 e. The first-order valence-electron chi connectivity index (χ1n) is 8.88. The zero-order valence-electron chi connectivity index (χ0n) is 16.1. The third kappa shape index (κ3) is 3.32. The van der Waals surface area contributed by atoms with Gasteiger partial charge in [0, 0.05) is 25.0 Å². The minimum absolute atomic E-state index is 0.0641. The molecule has 0 saturated carbocycles. The molecule has 2 aliphatic heterocycles. The highest BCUT2D eigenvalue weighted by molar-refractivity contribution is 7.91. The predicted octanol–water partition coefficient (Wildman–Crippen LogP) is 1.98. The number of ether oxygens (including phenoxy) is 4. The Balaban J connectivity index is 1.86. The second-order valence-corrected chi connectivity index (χ2v) is 8.52. The fourth-order valence-corrected chi connectivity index (χ4v) is 5.10. The van der Waals surface area contributed by atoms with Gasteiger partial charge in [-0.05, 0) is 12.1 Å². The van der Waals surface area contributed by atoms with E-state index in [-0.39, 0.29) is 22.3 Å². The second-order valence-electron chi connectivity index (χ2n) is 6.64. The van der Waals surface area contributed by atoms with E-state index in [1.807, 2.05) is 0 Å². The number of carbonyl (C=O) groups is 4. The topological polar surface area (TPSA) is 139 Å². The first kappa shape index (κ1) is 20.5. The molecular formula is C20H14O10S. The number of hydrogen-bond donors (Lipinski definition) is 0. The van der Waals surface area contributed by atoms with Crippen molar-refractivity contribution < 1.29 is 46.5 Å². The van der Waals surface area contributed by atoms with Crippen molar-refractivity contribution in [3.8, 4) is 0 Å². The quantitative estimate of drug-likeness (QED) is 0.640. The molecule has 2 aliphatic rings. The highest BCUT2D eigenvalue weighted by Gasteiger charge is 2.42. The van der Waals surface area contributed by atoms with Crippen LogP contribution in [0.2, 0.25) is 0 Å². The Morgan fingerprint density at radius 3 is 1.52 bits per heavy atom. The number of esters is 4. The van der Waals surface area contributed by atoms with Crippen LogP contribution in [-0.2, 0) is 38.4 Å².